The van der Waals surface area contributed by atoms with Gasteiger partial charge in [0, 0.05) is 12.6 Å². The molecule has 1 aliphatic rings. The average Bonchev–Trinajstić information content (AvgIpc) is 2.98. The number of ether oxygens (including phenoxy) is 1. The number of phenols is 1. The number of methoxy groups -OCH3 is 1. The van der Waals surface area contributed by atoms with Crippen molar-refractivity contribution in [1.82, 2.24) is 4.90 Å². The van der Waals surface area contributed by atoms with E-state index in [4.69, 9.17) is 4.74 Å². The standard InChI is InChI=1S/C18H21NO2/c1-21-18-12-14(9-10-17(18)20)13-19-11-5-8-16(19)15-6-3-2-4-7-15/h2-4,6-7,9-10,12,16,20H,5,8,11,13H2,1H3. The summed E-state index contributed by atoms with van der Waals surface area (Å²) in [5, 5.41) is 9.69. The second kappa shape index (κ2) is 6.19. The SMILES string of the molecule is COc1cc(CN2CCCC2c2ccccc2)ccc1O. The van der Waals surface area contributed by atoms with Gasteiger partial charge < -0.3 is 9.84 Å². The highest BCUT2D eigenvalue weighted by molar-refractivity contribution is 5.41. The number of aromatic hydroxyl groups is 1. The minimum Gasteiger partial charge on any atom is -0.504 e. The summed E-state index contributed by atoms with van der Waals surface area (Å²) in [6, 6.07) is 16.8. The molecule has 110 valence electrons. The Bertz CT molecular complexity index is 597. The molecule has 3 nitrogen and oxygen atoms in total. The number of nitrogens with zero attached hydrogens (tertiary/aromatic N) is 1. The highest BCUT2D eigenvalue weighted by Crippen LogP contribution is 2.34. The molecule has 1 fully saturated rings. The van der Waals surface area contributed by atoms with Crippen LogP contribution in [0.5, 0.6) is 11.5 Å². The van der Waals surface area contributed by atoms with E-state index in [9.17, 15) is 5.11 Å². The summed E-state index contributed by atoms with van der Waals surface area (Å²) in [6.45, 7) is 2.00. The summed E-state index contributed by atoms with van der Waals surface area (Å²) in [7, 11) is 1.58. The predicted octanol–water partition coefficient (Wildman–Crippen LogP) is 3.74. The van der Waals surface area contributed by atoms with Crippen LogP contribution >= 0.6 is 0 Å². The fraction of sp³-hybridized carbons (Fsp3) is 0.333. The maximum absolute atomic E-state index is 9.69. The van der Waals surface area contributed by atoms with E-state index < -0.39 is 0 Å². The number of hydrogen-bond donors (Lipinski definition) is 1. The molecule has 0 aromatic heterocycles. The Morgan fingerprint density at radius 2 is 2.00 bits per heavy atom. The van der Waals surface area contributed by atoms with Crippen LogP contribution in [0.4, 0.5) is 0 Å². The number of likely N-dealkylation sites (tertiary alicyclic amines) is 1. The van der Waals surface area contributed by atoms with Gasteiger partial charge in [0.2, 0.25) is 0 Å². The van der Waals surface area contributed by atoms with Crippen molar-refractivity contribution in [1.29, 1.82) is 0 Å². The Morgan fingerprint density at radius 3 is 2.76 bits per heavy atom. The molecule has 0 spiro atoms. The second-order valence-electron chi connectivity index (χ2n) is 5.55. The lowest BCUT2D eigenvalue weighted by molar-refractivity contribution is 0.248. The van der Waals surface area contributed by atoms with Crippen LogP contribution in [0.15, 0.2) is 48.5 Å². The molecule has 2 aromatic rings. The Hall–Kier alpha value is -2.00. The number of phenolic OH excluding ortho intramolecular Hbond substituents is 1. The van der Waals surface area contributed by atoms with Crippen LogP contribution in [0.3, 0.4) is 0 Å². The zero-order valence-electron chi connectivity index (χ0n) is 12.3. The van der Waals surface area contributed by atoms with Crippen LogP contribution in [0.1, 0.15) is 30.0 Å². The van der Waals surface area contributed by atoms with Crippen molar-refractivity contribution in [2.24, 2.45) is 0 Å². The number of rotatable bonds is 4. The maximum atomic E-state index is 9.69. The van der Waals surface area contributed by atoms with E-state index in [1.807, 2.05) is 12.1 Å². The Balaban J connectivity index is 1.77. The molecule has 0 radical (unpaired) electrons. The summed E-state index contributed by atoms with van der Waals surface area (Å²) in [6.07, 6.45) is 2.44. The molecular formula is C18H21NO2. The summed E-state index contributed by atoms with van der Waals surface area (Å²) in [5.41, 5.74) is 2.56. The van der Waals surface area contributed by atoms with Gasteiger partial charge in [0.15, 0.2) is 11.5 Å². The second-order valence-corrected chi connectivity index (χ2v) is 5.55. The number of hydrogen-bond acceptors (Lipinski definition) is 3. The minimum atomic E-state index is 0.197. The molecule has 0 amide bonds. The highest BCUT2D eigenvalue weighted by atomic mass is 16.5. The molecular weight excluding hydrogens is 262 g/mol. The van der Waals surface area contributed by atoms with Crippen molar-refractivity contribution < 1.29 is 9.84 Å². The highest BCUT2D eigenvalue weighted by Gasteiger charge is 2.25. The molecule has 1 atom stereocenters. The lowest BCUT2D eigenvalue weighted by Crippen LogP contribution is -2.22. The van der Waals surface area contributed by atoms with E-state index in [2.05, 4.69) is 35.2 Å². The monoisotopic (exact) mass is 283 g/mol. The van der Waals surface area contributed by atoms with Gasteiger partial charge in [-0.1, -0.05) is 36.4 Å². The largest absolute Gasteiger partial charge is 0.504 e. The van der Waals surface area contributed by atoms with Gasteiger partial charge in [-0.15, -0.1) is 0 Å². The summed E-state index contributed by atoms with van der Waals surface area (Å²) < 4.78 is 5.19. The number of benzene rings is 2. The van der Waals surface area contributed by atoms with Crippen LogP contribution in [-0.2, 0) is 6.54 Å². The minimum absolute atomic E-state index is 0.197. The first kappa shape index (κ1) is 14.0. The predicted molar refractivity (Wildman–Crippen MR) is 83.5 cm³/mol. The Kier molecular flexibility index (Phi) is 4.11. The third kappa shape index (κ3) is 3.03. The lowest BCUT2D eigenvalue weighted by Gasteiger charge is -2.25. The molecule has 3 rings (SSSR count). The molecule has 1 N–H and O–H groups in total. The molecule has 3 heteroatoms. The van der Waals surface area contributed by atoms with Crippen LogP contribution in [-0.4, -0.2) is 23.7 Å². The smallest absolute Gasteiger partial charge is 0.160 e. The summed E-state index contributed by atoms with van der Waals surface area (Å²) >= 11 is 0. The first-order valence-electron chi connectivity index (χ1n) is 7.43. The van der Waals surface area contributed by atoms with E-state index in [-0.39, 0.29) is 5.75 Å². The average molecular weight is 283 g/mol. The third-order valence-electron chi connectivity index (χ3n) is 4.18. The van der Waals surface area contributed by atoms with E-state index in [0.717, 1.165) is 13.1 Å². The molecule has 1 unspecified atom stereocenters. The summed E-state index contributed by atoms with van der Waals surface area (Å²) in [4.78, 5) is 2.50. The quantitative estimate of drug-likeness (QED) is 0.928. The first-order valence-corrected chi connectivity index (χ1v) is 7.43. The topological polar surface area (TPSA) is 32.7 Å². The van der Waals surface area contributed by atoms with Gasteiger partial charge >= 0.3 is 0 Å². The Morgan fingerprint density at radius 1 is 1.19 bits per heavy atom. The van der Waals surface area contributed by atoms with Crippen molar-refractivity contribution in [2.75, 3.05) is 13.7 Å². The van der Waals surface area contributed by atoms with E-state index in [1.165, 1.54) is 24.0 Å². The van der Waals surface area contributed by atoms with Gasteiger partial charge in [-0.3, -0.25) is 4.90 Å². The molecule has 0 bridgehead atoms. The van der Waals surface area contributed by atoms with Gasteiger partial charge in [-0.2, -0.15) is 0 Å². The maximum Gasteiger partial charge on any atom is 0.160 e. The molecule has 2 aromatic carbocycles. The normalized spacial score (nSPS) is 18.8. The molecule has 1 aliphatic heterocycles. The van der Waals surface area contributed by atoms with Crippen LogP contribution in [0.25, 0.3) is 0 Å². The van der Waals surface area contributed by atoms with Crippen molar-refractivity contribution >= 4 is 0 Å². The zero-order chi connectivity index (χ0) is 14.7. The van der Waals surface area contributed by atoms with Gasteiger partial charge in [0.05, 0.1) is 7.11 Å². The van der Waals surface area contributed by atoms with Gasteiger partial charge in [-0.25, -0.2) is 0 Å². The summed E-state index contributed by atoms with van der Waals surface area (Å²) in [5.74, 6) is 0.741. The van der Waals surface area contributed by atoms with Crippen molar-refractivity contribution in [2.45, 2.75) is 25.4 Å². The Labute approximate surface area is 125 Å². The van der Waals surface area contributed by atoms with Gasteiger partial charge in [-0.05, 0) is 42.6 Å². The van der Waals surface area contributed by atoms with Crippen molar-refractivity contribution in [3.8, 4) is 11.5 Å². The molecule has 1 heterocycles. The third-order valence-corrected chi connectivity index (χ3v) is 4.18. The van der Waals surface area contributed by atoms with E-state index in [1.54, 1.807) is 13.2 Å². The van der Waals surface area contributed by atoms with Gasteiger partial charge in [0.25, 0.3) is 0 Å². The lowest BCUT2D eigenvalue weighted by atomic mass is 10.0. The van der Waals surface area contributed by atoms with E-state index >= 15 is 0 Å². The molecule has 0 aliphatic carbocycles. The molecule has 1 saturated heterocycles. The van der Waals surface area contributed by atoms with Crippen LogP contribution in [0, 0.1) is 0 Å². The molecule has 0 saturated carbocycles. The fourth-order valence-electron chi connectivity index (χ4n) is 3.12. The van der Waals surface area contributed by atoms with Crippen LogP contribution < -0.4 is 4.74 Å². The van der Waals surface area contributed by atoms with Crippen molar-refractivity contribution in [3.63, 3.8) is 0 Å². The van der Waals surface area contributed by atoms with Crippen molar-refractivity contribution in [3.05, 3.63) is 59.7 Å². The first-order chi connectivity index (χ1) is 10.3. The van der Waals surface area contributed by atoms with E-state index in [0.29, 0.717) is 11.8 Å². The van der Waals surface area contributed by atoms with Gasteiger partial charge in [0.1, 0.15) is 0 Å². The molecule has 21 heavy (non-hydrogen) atoms. The fourth-order valence-corrected chi connectivity index (χ4v) is 3.12. The zero-order valence-corrected chi connectivity index (χ0v) is 12.3. The van der Waals surface area contributed by atoms with Crippen LogP contribution in [0.2, 0.25) is 0 Å².